The average molecular weight is 263 g/mol. The van der Waals surface area contributed by atoms with E-state index in [0.717, 1.165) is 25.2 Å². The maximum Gasteiger partial charge on any atom is 0.0726 e. The Morgan fingerprint density at radius 2 is 2.05 bits per heavy atom. The van der Waals surface area contributed by atoms with Crippen molar-refractivity contribution in [3.05, 3.63) is 24.0 Å². The molecule has 0 spiro atoms. The van der Waals surface area contributed by atoms with Crippen LogP contribution in [0.15, 0.2) is 18.3 Å². The van der Waals surface area contributed by atoms with E-state index in [9.17, 15) is 0 Å². The highest BCUT2D eigenvalue weighted by Gasteiger charge is 2.22. The minimum Gasteiger partial charge on any atom is -0.372 e. The molecule has 1 aromatic heterocycles. The van der Waals surface area contributed by atoms with Crippen LogP contribution in [0.5, 0.6) is 0 Å². The maximum absolute atomic E-state index is 5.76. The van der Waals surface area contributed by atoms with Gasteiger partial charge in [0.25, 0.3) is 0 Å². The molecule has 0 saturated carbocycles. The first-order valence-corrected chi connectivity index (χ1v) is 7.17. The third-order valence-electron chi connectivity index (χ3n) is 3.67. The standard InChI is InChI=1S/C15H25N3O/c1-5-14(16-4)15-7-6-13(8-17-15)18-9-11(2)19-12(3)10-18/h6-8,11-12,14,16H,5,9-10H2,1-4H3. The largest absolute Gasteiger partial charge is 0.372 e. The number of nitrogens with one attached hydrogen (secondary N) is 1. The molecule has 1 N–H and O–H groups in total. The molecular weight excluding hydrogens is 238 g/mol. The molecule has 0 amide bonds. The van der Waals surface area contributed by atoms with Crippen LogP contribution in [0.3, 0.4) is 0 Å². The van der Waals surface area contributed by atoms with Gasteiger partial charge in [0.1, 0.15) is 0 Å². The van der Waals surface area contributed by atoms with Crippen molar-refractivity contribution in [2.75, 3.05) is 25.0 Å². The number of aromatic nitrogens is 1. The van der Waals surface area contributed by atoms with Crippen LogP contribution in [0, 0.1) is 0 Å². The van der Waals surface area contributed by atoms with Crippen LogP contribution in [0.1, 0.15) is 38.9 Å². The topological polar surface area (TPSA) is 37.4 Å². The summed E-state index contributed by atoms with van der Waals surface area (Å²) in [7, 11) is 1.98. The summed E-state index contributed by atoms with van der Waals surface area (Å²) in [4.78, 5) is 6.96. The Balaban J connectivity index is 2.09. The summed E-state index contributed by atoms with van der Waals surface area (Å²) in [5, 5.41) is 3.29. The molecule has 3 unspecified atom stereocenters. The van der Waals surface area contributed by atoms with Crippen LogP contribution in [0.2, 0.25) is 0 Å². The van der Waals surface area contributed by atoms with Crippen molar-refractivity contribution in [2.24, 2.45) is 0 Å². The van der Waals surface area contributed by atoms with Crippen molar-refractivity contribution in [2.45, 2.75) is 45.4 Å². The third-order valence-corrected chi connectivity index (χ3v) is 3.67. The van der Waals surface area contributed by atoms with E-state index in [1.54, 1.807) is 0 Å². The highest BCUT2D eigenvalue weighted by Crippen LogP contribution is 2.21. The molecule has 0 bridgehead atoms. The van der Waals surface area contributed by atoms with Crippen LogP contribution in [-0.2, 0) is 4.74 Å². The molecule has 4 nitrogen and oxygen atoms in total. The van der Waals surface area contributed by atoms with Crippen LogP contribution in [-0.4, -0.2) is 37.3 Å². The van der Waals surface area contributed by atoms with E-state index < -0.39 is 0 Å². The van der Waals surface area contributed by atoms with E-state index in [-0.39, 0.29) is 12.2 Å². The molecule has 2 heterocycles. The van der Waals surface area contributed by atoms with Crippen molar-refractivity contribution < 1.29 is 4.74 Å². The van der Waals surface area contributed by atoms with Crippen molar-refractivity contribution in [3.63, 3.8) is 0 Å². The van der Waals surface area contributed by atoms with Gasteiger partial charge >= 0.3 is 0 Å². The summed E-state index contributed by atoms with van der Waals surface area (Å²) < 4.78 is 5.76. The monoisotopic (exact) mass is 263 g/mol. The van der Waals surface area contributed by atoms with E-state index >= 15 is 0 Å². The lowest BCUT2D eigenvalue weighted by Crippen LogP contribution is -2.45. The summed E-state index contributed by atoms with van der Waals surface area (Å²) in [6.07, 6.45) is 3.60. The normalized spacial score (nSPS) is 25.4. The number of hydrogen-bond donors (Lipinski definition) is 1. The lowest BCUT2D eigenvalue weighted by Gasteiger charge is -2.36. The summed E-state index contributed by atoms with van der Waals surface area (Å²) in [6.45, 7) is 8.29. The van der Waals surface area contributed by atoms with Gasteiger partial charge in [-0.05, 0) is 39.4 Å². The lowest BCUT2D eigenvalue weighted by atomic mass is 10.1. The first-order chi connectivity index (χ1) is 9.13. The second kappa shape index (κ2) is 6.35. The quantitative estimate of drug-likeness (QED) is 0.905. The van der Waals surface area contributed by atoms with Gasteiger partial charge < -0.3 is 15.0 Å². The molecule has 0 radical (unpaired) electrons. The van der Waals surface area contributed by atoms with E-state index in [0.29, 0.717) is 6.04 Å². The van der Waals surface area contributed by atoms with Gasteiger partial charge in [-0.15, -0.1) is 0 Å². The number of rotatable bonds is 4. The number of pyridine rings is 1. The molecule has 1 saturated heterocycles. The van der Waals surface area contributed by atoms with Crippen LogP contribution in [0.25, 0.3) is 0 Å². The molecule has 1 aliphatic heterocycles. The van der Waals surface area contributed by atoms with Gasteiger partial charge in [-0.3, -0.25) is 4.98 Å². The Bertz CT molecular complexity index is 379. The van der Waals surface area contributed by atoms with Crippen LogP contribution in [0.4, 0.5) is 5.69 Å². The molecular formula is C15H25N3O. The van der Waals surface area contributed by atoms with Crippen molar-refractivity contribution in [1.29, 1.82) is 0 Å². The van der Waals surface area contributed by atoms with Gasteiger partial charge in [-0.2, -0.15) is 0 Å². The molecule has 2 rings (SSSR count). The number of morpholine rings is 1. The first-order valence-electron chi connectivity index (χ1n) is 7.17. The molecule has 1 aliphatic rings. The molecule has 0 aromatic carbocycles. The number of anilines is 1. The molecule has 19 heavy (non-hydrogen) atoms. The smallest absolute Gasteiger partial charge is 0.0726 e. The van der Waals surface area contributed by atoms with Crippen LogP contribution < -0.4 is 10.2 Å². The van der Waals surface area contributed by atoms with Crippen molar-refractivity contribution in [3.8, 4) is 0 Å². The van der Waals surface area contributed by atoms with Crippen molar-refractivity contribution in [1.82, 2.24) is 10.3 Å². The van der Waals surface area contributed by atoms with E-state index in [2.05, 4.69) is 48.1 Å². The van der Waals surface area contributed by atoms with E-state index in [4.69, 9.17) is 4.74 Å². The summed E-state index contributed by atoms with van der Waals surface area (Å²) >= 11 is 0. The highest BCUT2D eigenvalue weighted by atomic mass is 16.5. The zero-order chi connectivity index (χ0) is 13.8. The SMILES string of the molecule is CCC(NC)c1ccc(N2CC(C)OC(C)C2)cn1. The fourth-order valence-corrected chi connectivity index (χ4v) is 2.74. The minimum absolute atomic E-state index is 0.282. The van der Waals surface area contributed by atoms with Gasteiger partial charge in [-0.1, -0.05) is 6.92 Å². The van der Waals surface area contributed by atoms with E-state index in [1.165, 1.54) is 5.69 Å². The predicted octanol–water partition coefficient (Wildman–Crippen LogP) is 2.37. The summed E-state index contributed by atoms with van der Waals surface area (Å²) in [5.74, 6) is 0. The molecule has 4 heteroatoms. The summed E-state index contributed by atoms with van der Waals surface area (Å²) in [6, 6.07) is 4.65. The zero-order valence-electron chi connectivity index (χ0n) is 12.4. The van der Waals surface area contributed by atoms with Crippen LogP contribution >= 0.6 is 0 Å². The van der Waals surface area contributed by atoms with Gasteiger partial charge in [0, 0.05) is 19.1 Å². The second-order valence-corrected chi connectivity index (χ2v) is 5.35. The summed E-state index contributed by atoms with van der Waals surface area (Å²) in [5.41, 5.74) is 2.31. The van der Waals surface area contributed by atoms with Gasteiger partial charge in [0.05, 0.1) is 29.8 Å². The van der Waals surface area contributed by atoms with Gasteiger partial charge in [-0.25, -0.2) is 0 Å². The van der Waals surface area contributed by atoms with E-state index in [1.807, 2.05) is 13.2 Å². The molecule has 0 aliphatic carbocycles. The number of ether oxygens (including phenoxy) is 1. The highest BCUT2D eigenvalue weighted by molar-refractivity contribution is 5.45. The first kappa shape index (κ1) is 14.3. The Kier molecular flexibility index (Phi) is 4.77. The average Bonchev–Trinajstić information content (AvgIpc) is 2.40. The number of hydrogen-bond acceptors (Lipinski definition) is 4. The maximum atomic E-state index is 5.76. The van der Waals surface area contributed by atoms with Gasteiger partial charge in [0.15, 0.2) is 0 Å². The molecule has 3 atom stereocenters. The Morgan fingerprint density at radius 3 is 2.53 bits per heavy atom. The minimum atomic E-state index is 0.282. The Hall–Kier alpha value is -1.13. The fraction of sp³-hybridized carbons (Fsp3) is 0.667. The zero-order valence-corrected chi connectivity index (χ0v) is 12.4. The second-order valence-electron chi connectivity index (χ2n) is 5.35. The number of nitrogens with zero attached hydrogens (tertiary/aromatic N) is 2. The Morgan fingerprint density at radius 1 is 1.37 bits per heavy atom. The fourth-order valence-electron chi connectivity index (χ4n) is 2.74. The van der Waals surface area contributed by atoms with Gasteiger partial charge in [0.2, 0.25) is 0 Å². The third kappa shape index (κ3) is 3.45. The molecule has 1 aromatic rings. The molecule has 1 fully saturated rings. The van der Waals surface area contributed by atoms with Crippen molar-refractivity contribution >= 4 is 5.69 Å². The molecule has 106 valence electrons. The predicted molar refractivity (Wildman–Crippen MR) is 78.6 cm³/mol. The lowest BCUT2D eigenvalue weighted by molar-refractivity contribution is -0.00523. The Labute approximate surface area is 116 Å².